The highest BCUT2D eigenvalue weighted by Crippen LogP contribution is 2.29. The SMILES string of the molecule is CCOc1cc(CO)ccc1OCc1ccc(C(=O)[O-])cc1. The molecule has 0 aromatic heterocycles. The lowest BCUT2D eigenvalue weighted by atomic mass is 10.1. The van der Waals surface area contributed by atoms with Crippen molar-refractivity contribution in [2.45, 2.75) is 20.1 Å². The van der Waals surface area contributed by atoms with E-state index in [4.69, 9.17) is 14.6 Å². The maximum atomic E-state index is 10.7. The molecule has 0 fully saturated rings. The maximum Gasteiger partial charge on any atom is 0.161 e. The lowest BCUT2D eigenvalue weighted by molar-refractivity contribution is -0.255. The molecular formula is C17H17O5-. The molecule has 0 spiro atoms. The first kappa shape index (κ1) is 15.9. The molecule has 2 rings (SSSR count). The number of carbonyl (C=O) groups excluding carboxylic acids is 1. The zero-order valence-electron chi connectivity index (χ0n) is 12.2. The summed E-state index contributed by atoms with van der Waals surface area (Å²) in [5.41, 5.74) is 1.71. The number of aromatic carboxylic acids is 1. The summed E-state index contributed by atoms with van der Waals surface area (Å²) in [5.74, 6) is -0.0610. The first-order valence-electron chi connectivity index (χ1n) is 6.93. The van der Waals surface area contributed by atoms with Gasteiger partial charge in [-0.25, -0.2) is 0 Å². The highest BCUT2D eigenvalue weighted by Gasteiger charge is 2.07. The van der Waals surface area contributed by atoms with E-state index < -0.39 is 5.97 Å². The van der Waals surface area contributed by atoms with Crippen molar-refractivity contribution in [3.63, 3.8) is 0 Å². The first-order valence-corrected chi connectivity index (χ1v) is 6.93. The molecule has 0 aliphatic rings. The molecule has 0 atom stereocenters. The molecule has 0 saturated carbocycles. The van der Waals surface area contributed by atoms with Crippen LogP contribution >= 0.6 is 0 Å². The fraction of sp³-hybridized carbons (Fsp3) is 0.235. The average molecular weight is 301 g/mol. The Bertz CT molecular complexity index is 634. The van der Waals surface area contributed by atoms with Gasteiger partial charge in [0.25, 0.3) is 0 Å². The summed E-state index contributed by atoms with van der Waals surface area (Å²) in [5, 5.41) is 19.8. The van der Waals surface area contributed by atoms with Crippen LogP contribution in [0, 0.1) is 0 Å². The van der Waals surface area contributed by atoms with Gasteiger partial charge in [-0.1, -0.05) is 30.3 Å². The van der Waals surface area contributed by atoms with Crippen molar-refractivity contribution in [2.75, 3.05) is 6.61 Å². The molecule has 0 saturated heterocycles. The van der Waals surface area contributed by atoms with Gasteiger partial charge in [0.15, 0.2) is 11.5 Å². The molecule has 2 aromatic rings. The lowest BCUT2D eigenvalue weighted by Gasteiger charge is -2.13. The predicted octanol–water partition coefficient (Wildman–Crippen LogP) is 1.52. The van der Waals surface area contributed by atoms with Crippen molar-refractivity contribution in [3.05, 3.63) is 59.2 Å². The number of rotatable bonds is 7. The van der Waals surface area contributed by atoms with E-state index in [1.165, 1.54) is 12.1 Å². The smallest absolute Gasteiger partial charge is 0.161 e. The quantitative estimate of drug-likeness (QED) is 0.839. The molecule has 0 bridgehead atoms. The second-order valence-corrected chi connectivity index (χ2v) is 4.65. The Morgan fingerprint density at radius 2 is 1.73 bits per heavy atom. The molecule has 0 aliphatic heterocycles. The van der Waals surface area contributed by atoms with Gasteiger partial charge >= 0.3 is 0 Å². The molecule has 1 N–H and O–H groups in total. The number of hydrogen-bond donors (Lipinski definition) is 1. The number of carbonyl (C=O) groups is 1. The number of ether oxygens (including phenoxy) is 2. The van der Waals surface area contributed by atoms with Gasteiger partial charge in [0, 0.05) is 0 Å². The van der Waals surface area contributed by atoms with Gasteiger partial charge < -0.3 is 24.5 Å². The third kappa shape index (κ3) is 3.99. The molecule has 5 heteroatoms. The number of aliphatic hydroxyl groups is 1. The molecule has 116 valence electrons. The molecular weight excluding hydrogens is 284 g/mol. The van der Waals surface area contributed by atoms with Crippen LogP contribution < -0.4 is 14.6 Å². The van der Waals surface area contributed by atoms with Crippen LogP contribution in [0.4, 0.5) is 0 Å². The van der Waals surface area contributed by atoms with Crippen LogP contribution in [0.1, 0.15) is 28.4 Å². The molecule has 0 amide bonds. The molecule has 22 heavy (non-hydrogen) atoms. The zero-order chi connectivity index (χ0) is 15.9. The summed E-state index contributed by atoms with van der Waals surface area (Å²) in [7, 11) is 0. The zero-order valence-corrected chi connectivity index (χ0v) is 12.2. The van der Waals surface area contributed by atoms with Crippen molar-refractivity contribution in [2.24, 2.45) is 0 Å². The molecule has 5 nitrogen and oxygen atoms in total. The van der Waals surface area contributed by atoms with E-state index in [9.17, 15) is 9.90 Å². The largest absolute Gasteiger partial charge is 0.545 e. The fourth-order valence-corrected chi connectivity index (χ4v) is 1.94. The minimum absolute atomic E-state index is 0.0644. The molecule has 2 aromatic carbocycles. The average Bonchev–Trinajstić information content (AvgIpc) is 2.54. The maximum absolute atomic E-state index is 10.7. The third-order valence-electron chi connectivity index (χ3n) is 3.07. The minimum Gasteiger partial charge on any atom is -0.545 e. The Morgan fingerprint density at radius 1 is 1.05 bits per heavy atom. The van der Waals surface area contributed by atoms with E-state index in [2.05, 4.69) is 0 Å². The van der Waals surface area contributed by atoms with Crippen molar-refractivity contribution in [1.82, 2.24) is 0 Å². The Balaban J connectivity index is 2.08. The van der Waals surface area contributed by atoms with E-state index >= 15 is 0 Å². The van der Waals surface area contributed by atoms with Crippen LogP contribution in [0.3, 0.4) is 0 Å². The van der Waals surface area contributed by atoms with Crippen molar-refractivity contribution < 1.29 is 24.5 Å². The molecule has 0 radical (unpaired) electrons. The van der Waals surface area contributed by atoms with Crippen LogP contribution in [0.15, 0.2) is 42.5 Å². The summed E-state index contributed by atoms with van der Waals surface area (Å²) < 4.78 is 11.2. The van der Waals surface area contributed by atoms with Crippen LogP contribution in [0.5, 0.6) is 11.5 Å². The monoisotopic (exact) mass is 301 g/mol. The van der Waals surface area contributed by atoms with Gasteiger partial charge in [-0.2, -0.15) is 0 Å². The van der Waals surface area contributed by atoms with Crippen LogP contribution in [-0.4, -0.2) is 17.7 Å². The van der Waals surface area contributed by atoms with Crippen molar-refractivity contribution >= 4 is 5.97 Å². The highest BCUT2D eigenvalue weighted by molar-refractivity contribution is 5.85. The van der Waals surface area contributed by atoms with Crippen LogP contribution in [0.25, 0.3) is 0 Å². The number of benzene rings is 2. The van der Waals surface area contributed by atoms with Crippen molar-refractivity contribution in [1.29, 1.82) is 0 Å². The highest BCUT2D eigenvalue weighted by atomic mass is 16.5. The summed E-state index contributed by atoms with van der Waals surface area (Å²) >= 11 is 0. The Kier molecular flexibility index (Phi) is 5.38. The summed E-state index contributed by atoms with van der Waals surface area (Å²) in [6.45, 7) is 2.58. The minimum atomic E-state index is -1.20. The van der Waals surface area contributed by atoms with Gasteiger partial charge in [-0.05, 0) is 35.7 Å². The fourth-order valence-electron chi connectivity index (χ4n) is 1.94. The van der Waals surface area contributed by atoms with Gasteiger partial charge in [-0.15, -0.1) is 0 Å². The number of aliphatic hydroxyl groups excluding tert-OH is 1. The third-order valence-corrected chi connectivity index (χ3v) is 3.07. The van der Waals surface area contributed by atoms with E-state index in [0.29, 0.717) is 18.1 Å². The Morgan fingerprint density at radius 3 is 2.32 bits per heavy atom. The van der Waals surface area contributed by atoms with Gasteiger partial charge in [-0.3, -0.25) is 0 Å². The van der Waals surface area contributed by atoms with Gasteiger partial charge in [0.05, 0.1) is 19.2 Å². The normalized spacial score (nSPS) is 10.3. The summed E-state index contributed by atoms with van der Waals surface area (Å²) in [6.07, 6.45) is 0. The van der Waals surface area contributed by atoms with E-state index in [1.54, 1.807) is 30.3 Å². The first-order chi connectivity index (χ1) is 10.6. The standard InChI is InChI=1S/C17H18O5/c1-2-21-16-9-13(10-18)5-8-15(16)22-11-12-3-6-14(7-4-12)17(19)20/h3-9,18H,2,10-11H2,1H3,(H,19,20)/p-1. The second kappa shape index (κ2) is 7.47. The Hall–Kier alpha value is -2.53. The number of carboxylic acids is 1. The molecule has 0 aliphatic carbocycles. The number of carboxylic acid groups (broad SMARTS) is 1. The van der Waals surface area contributed by atoms with E-state index in [0.717, 1.165) is 11.1 Å². The summed E-state index contributed by atoms with van der Waals surface area (Å²) in [6, 6.07) is 11.5. The van der Waals surface area contributed by atoms with Crippen LogP contribution in [-0.2, 0) is 13.2 Å². The topological polar surface area (TPSA) is 78.8 Å². The van der Waals surface area contributed by atoms with E-state index in [-0.39, 0.29) is 18.8 Å². The lowest BCUT2D eigenvalue weighted by Crippen LogP contribution is -2.22. The van der Waals surface area contributed by atoms with E-state index in [1.807, 2.05) is 6.92 Å². The second-order valence-electron chi connectivity index (χ2n) is 4.65. The molecule has 0 heterocycles. The number of hydrogen-bond acceptors (Lipinski definition) is 5. The van der Waals surface area contributed by atoms with Gasteiger partial charge in [0.1, 0.15) is 6.61 Å². The predicted molar refractivity (Wildman–Crippen MR) is 78.6 cm³/mol. The Labute approximate surface area is 128 Å². The summed E-state index contributed by atoms with van der Waals surface area (Å²) in [4.78, 5) is 10.7. The molecule has 0 unspecified atom stereocenters. The van der Waals surface area contributed by atoms with Crippen LogP contribution in [0.2, 0.25) is 0 Å². The van der Waals surface area contributed by atoms with Crippen molar-refractivity contribution in [3.8, 4) is 11.5 Å². The van der Waals surface area contributed by atoms with Gasteiger partial charge in [0.2, 0.25) is 0 Å².